The highest BCUT2D eigenvalue weighted by Gasteiger charge is 2.13. The van der Waals surface area contributed by atoms with Crippen LogP contribution in [0.15, 0.2) is 24.3 Å². The Labute approximate surface area is 117 Å². The van der Waals surface area contributed by atoms with Crippen molar-refractivity contribution in [2.24, 2.45) is 0 Å². The molecule has 0 unspecified atom stereocenters. The number of carboxylic acid groups (broad SMARTS) is 1. The number of rotatable bonds is 3. The van der Waals surface area contributed by atoms with Crippen molar-refractivity contribution in [2.45, 2.75) is 20.0 Å². The van der Waals surface area contributed by atoms with Crippen molar-refractivity contribution >= 4 is 12.0 Å². The molecule has 1 rings (SSSR count). The lowest BCUT2D eigenvalue weighted by Crippen LogP contribution is -2.43. The maximum absolute atomic E-state index is 11.6. The van der Waals surface area contributed by atoms with Crippen molar-refractivity contribution in [3.8, 4) is 0 Å². The molecule has 0 spiro atoms. The molecule has 0 bridgehead atoms. The third-order valence-corrected chi connectivity index (χ3v) is 2.27. The summed E-state index contributed by atoms with van der Waals surface area (Å²) < 4.78 is 0. The van der Waals surface area contributed by atoms with Gasteiger partial charge < -0.3 is 15.3 Å². The Morgan fingerprint density at radius 1 is 1.20 bits per heavy atom. The van der Waals surface area contributed by atoms with Gasteiger partial charge in [0, 0.05) is 13.7 Å². The van der Waals surface area contributed by atoms with Gasteiger partial charge in [-0.2, -0.15) is 0 Å². The van der Waals surface area contributed by atoms with Crippen LogP contribution in [-0.4, -0.2) is 46.0 Å². The van der Waals surface area contributed by atoms with Gasteiger partial charge in [-0.15, -0.1) is 0 Å². The van der Waals surface area contributed by atoms with Crippen LogP contribution in [0.5, 0.6) is 0 Å². The largest absolute Gasteiger partial charge is 0.464 e. The van der Waals surface area contributed by atoms with E-state index in [0.717, 1.165) is 5.01 Å². The monoisotopic (exact) mass is 284 g/mol. The summed E-state index contributed by atoms with van der Waals surface area (Å²) in [5.74, 6) is -0.395. The van der Waals surface area contributed by atoms with E-state index in [1.54, 1.807) is 31.2 Å². The lowest BCUT2D eigenvalue weighted by molar-refractivity contribution is -0.131. The smallest absolute Gasteiger partial charge is 0.423 e. The third-order valence-electron chi connectivity index (χ3n) is 2.27. The molecule has 0 aliphatic heterocycles. The molecular formula is C13H20N2O5. The summed E-state index contributed by atoms with van der Waals surface area (Å²) in [6.07, 6.45) is -1.26. The van der Waals surface area contributed by atoms with Crippen molar-refractivity contribution < 1.29 is 24.9 Å². The van der Waals surface area contributed by atoms with Gasteiger partial charge in [0.15, 0.2) is 0 Å². The molecule has 0 aliphatic carbocycles. The van der Waals surface area contributed by atoms with Gasteiger partial charge in [0.25, 0.3) is 0 Å². The molecular weight excluding hydrogens is 264 g/mol. The van der Waals surface area contributed by atoms with Crippen molar-refractivity contribution in [3.05, 3.63) is 35.4 Å². The normalized spacial score (nSPS) is 9.20. The van der Waals surface area contributed by atoms with Gasteiger partial charge in [0.2, 0.25) is 5.91 Å². The molecule has 0 atom stereocenters. The molecule has 0 aliphatic rings. The summed E-state index contributed by atoms with van der Waals surface area (Å²) in [6.45, 7) is 1.78. The fourth-order valence-electron chi connectivity index (χ4n) is 1.37. The first-order chi connectivity index (χ1) is 9.46. The van der Waals surface area contributed by atoms with Crippen LogP contribution in [-0.2, 0) is 17.8 Å². The molecule has 1 aromatic carbocycles. The van der Waals surface area contributed by atoms with E-state index in [1.807, 2.05) is 5.43 Å². The number of likely N-dealkylation sites (N-methyl/N-ethyl adjacent to an activating group) is 1. The van der Waals surface area contributed by atoms with Gasteiger partial charge >= 0.3 is 6.09 Å². The Morgan fingerprint density at radius 2 is 1.70 bits per heavy atom. The van der Waals surface area contributed by atoms with Crippen molar-refractivity contribution in [3.63, 3.8) is 0 Å². The fourth-order valence-corrected chi connectivity index (χ4v) is 1.37. The number of benzene rings is 1. The first-order valence-electron chi connectivity index (χ1n) is 6.00. The van der Waals surface area contributed by atoms with Gasteiger partial charge in [0.05, 0.1) is 13.0 Å². The Balaban J connectivity index is 0.00000110. The highest BCUT2D eigenvalue weighted by Crippen LogP contribution is 2.10. The fraction of sp³-hybridized carbons (Fsp3) is 0.385. The maximum atomic E-state index is 11.6. The highest BCUT2D eigenvalue weighted by molar-refractivity contribution is 5.80. The second-order valence-electron chi connectivity index (χ2n) is 3.79. The Morgan fingerprint density at radius 3 is 2.15 bits per heavy atom. The van der Waals surface area contributed by atoms with Gasteiger partial charge in [-0.05, 0) is 18.1 Å². The van der Waals surface area contributed by atoms with Gasteiger partial charge in [-0.25, -0.2) is 10.2 Å². The second kappa shape index (κ2) is 9.76. The number of aliphatic hydroxyl groups excluding tert-OH is 2. The molecule has 0 saturated carbocycles. The SMILES string of the molecule is CCO.CN(NC(=O)O)C(=O)Cc1ccccc1CO. The Hall–Kier alpha value is -2.12. The van der Waals surface area contributed by atoms with Crippen LogP contribution in [0.25, 0.3) is 0 Å². The lowest BCUT2D eigenvalue weighted by atomic mass is 10.1. The van der Waals surface area contributed by atoms with Crippen LogP contribution in [0.3, 0.4) is 0 Å². The van der Waals surface area contributed by atoms with E-state index in [2.05, 4.69) is 0 Å². The molecule has 4 N–H and O–H groups in total. The number of hydrogen-bond donors (Lipinski definition) is 4. The summed E-state index contributed by atoms with van der Waals surface area (Å²) in [5, 5.41) is 26.0. The molecule has 112 valence electrons. The molecule has 7 nitrogen and oxygen atoms in total. The molecule has 20 heavy (non-hydrogen) atoms. The molecule has 2 amide bonds. The number of nitrogens with zero attached hydrogens (tertiary/aromatic N) is 1. The lowest BCUT2D eigenvalue weighted by Gasteiger charge is -2.16. The highest BCUT2D eigenvalue weighted by atomic mass is 16.4. The topological polar surface area (TPSA) is 110 Å². The van der Waals surface area contributed by atoms with Crippen molar-refractivity contribution in [2.75, 3.05) is 13.7 Å². The average molecular weight is 284 g/mol. The zero-order valence-corrected chi connectivity index (χ0v) is 11.5. The summed E-state index contributed by atoms with van der Waals surface area (Å²) in [4.78, 5) is 22.0. The predicted molar refractivity (Wildman–Crippen MR) is 72.8 cm³/mol. The van der Waals surface area contributed by atoms with Crippen LogP contribution in [0.2, 0.25) is 0 Å². The van der Waals surface area contributed by atoms with Crippen molar-refractivity contribution in [1.82, 2.24) is 10.4 Å². The number of amides is 2. The third kappa shape index (κ3) is 6.72. The minimum atomic E-state index is -1.30. The van der Waals surface area contributed by atoms with E-state index in [-0.39, 0.29) is 19.6 Å². The van der Waals surface area contributed by atoms with E-state index < -0.39 is 12.0 Å². The number of hydrogen-bond acceptors (Lipinski definition) is 4. The van der Waals surface area contributed by atoms with Gasteiger partial charge in [0.1, 0.15) is 0 Å². The number of nitrogens with one attached hydrogen (secondary N) is 1. The van der Waals surface area contributed by atoms with E-state index in [9.17, 15) is 9.59 Å². The van der Waals surface area contributed by atoms with Crippen LogP contribution in [0.1, 0.15) is 18.1 Å². The number of carbonyl (C=O) groups excluding carboxylic acids is 1. The van der Waals surface area contributed by atoms with Crippen molar-refractivity contribution in [1.29, 1.82) is 0 Å². The molecule has 7 heteroatoms. The summed E-state index contributed by atoms with van der Waals surface area (Å²) in [5.41, 5.74) is 3.27. The molecule has 0 heterocycles. The zero-order valence-electron chi connectivity index (χ0n) is 11.5. The average Bonchev–Trinajstić information content (AvgIpc) is 2.39. The molecule has 0 fully saturated rings. The summed E-state index contributed by atoms with van der Waals surface area (Å²) >= 11 is 0. The Kier molecular flexibility index (Phi) is 8.73. The minimum Gasteiger partial charge on any atom is -0.464 e. The van der Waals surface area contributed by atoms with E-state index in [0.29, 0.717) is 11.1 Å². The minimum absolute atomic E-state index is 0.0352. The number of hydrazine groups is 1. The number of carbonyl (C=O) groups is 2. The quantitative estimate of drug-likeness (QED) is 0.599. The summed E-state index contributed by atoms with van der Waals surface area (Å²) in [7, 11) is 1.33. The van der Waals surface area contributed by atoms with Gasteiger partial charge in [-0.3, -0.25) is 9.80 Å². The van der Waals surface area contributed by atoms with Crippen LogP contribution in [0, 0.1) is 0 Å². The molecule has 0 radical (unpaired) electrons. The number of aliphatic hydroxyl groups is 2. The zero-order chi connectivity index (χ0) is 15.5. The van der Waals surface area contributed by atoms with Gasteiger partial charge in [-0.1, -0.05) is 24.3 Å². The maximum Gasteiger partial charge on any atom is 0.423 e. The first-order valence-corrected chi connectivity index (χ1v) is 6.00. The standard InChI is InChI=1S/C11H14N2O4.C2H6O/c1-13(12-11(16)17)10(15)6-8-4-2-3-5-9(8)7-14;1-2-3/h2-5,12,14H,6-7H2,1H3,(H,16,17);3H,2H2,1H3. The van der Waals surface area contributed by atoms with Crippen LogP contribution < -0.4 is 5.43 Å². The summed E-state index contributed by atoms with van der Waals surface area (Å²) in [6, 6.07) is 6.95. The van der Waals surface area contributed by atoms with Crippen LogP contribution in [0.4, 0.5) is 4.79 Å². The second-order valence-corrected chi connectivity index (χ2v) is 3.79. The predicted octanol–water partition coefficient (Wildman–Crippen LogP) is 0.361. The first kappa shape index (κ1) is 17.9. The molecule has 1 aromatic rings. The molecule has 0 aromatic heterocycles. The Bertz CT molecular complexity index is 437. The van der Waals surface area contributed by atoms with E-state index in [4.69, 9.17) is 15.3 Å². The van der Waals surface area contributed by atoms with E-state index >= 15 is 0 Å². The van der Waals surface area contributed by atoms with E-state index in [1.165, 1.54) is 7.05 Å². The van der Waals surface area contributed by atoms with Crippen LogP contribution >= 0.6 is 0 Å². The molecule has 0 saturated heterocycles.